The Morgan fingerprint density at radius 3 is 2.30 bits per heavy atom. The fourth-order valence-electron chi connectivity index (χ4n) is 5.12. The summed E-state index contributed by atoms with van der Waals surface area (Å²) >= 11 is 7.45. The third kappa shape index (κ3) is 6.42. The van der Waals surface area contributed by atoms with Crippen molar-refractivity contribution >= 4 is 46.6 Å². The highest BCUT2D eigenvalue weighted by atomic mass is 35.5. The Balaban J connectivity index is 1.38. The lowest BCUT2D eigenvalue weighted by Gasteiger charge is -2.25. The van der Waals surface area contributed by atoms with E-state index in [1.165, 1.54) is 23.5 Å². The molecule has 0 saturated carbocycles. The van der Waals surface area contributed by atoms with Crippen LogP contribution in [0.2, 0.25) is 5.02 Å². The van der Waals surface area contributed by atoms with E-state index in [0.717, 1.165) is 16.7 Å². The predicted molar refractivity (Wildman–Crippen MR) is 177 cm³/mol. The Kier molecular flexibility index (Phi) is 8.96. The van der Waals surface area contributed by atoms with Crippen LogP contribution in [0.1, 0.15) is 45.6 Å². The Labute approximate surface area is 272 Å². The molecule has 0 radical (unpaired) electrons. The van der Waals surface area contributed by atoms with E-state index in [-0.39, 0.29) is 29.9 Å². The molecule has 0 amide bonds. The summed E-state index contributed by atoms with van der Waals surface area (Å²) in [6.07, 6.45) is 1.79. The first-order chi connectivity index (χ1) is 22.3. The van der Waals surface area contributed by atoms with Crippen molar-refractivity contribution in [3.8, 4) is 5.75 Å². The number of thiazole rings is 1. The van der Waals surface area contributed by atoms with Crippen molar-refractivity contribution in [2.75, 3.05) is 6.61 Å². The number of aromatic nitrogens is 1. The second-order valence-corrected chi connectivity index (χ2v) is 11.8. The normalized spacial score (nSPS) is 14.4. The van der Waals surface area contributed by atoms with Gasteiger partial charge in [-0.1, -0.05) is 89.7 Å². The second kappa shape index (κ2) is 13.4. The van der Waals surface area contributed by atoms with Crippen LogP contribution in [0.3, 0.4) is 0 Å². The van der Waals surface area contributed by atoms with Gasteiger partial charge in [0.15, 0.2) is 4.80 Å². The van der Waals surface area contributed by atoms with Gasteiger partial charge in [0.1, 0.15) is 12.4 Å². The number of benzene rings is 4. The first kappa shape index (κ1) is 30.8. The maximum absolute atomic E-state index is 14.1. The largest absolute Gasteiger partial charge is 0.489 e. The highest BCUT2D eigenvalue weighted by molar-refractivity contribution is 7.07. The van der Waals surface area contributed by atoms with Crippen molar-refractivity contribution in [3.63, 3.8) is 0 Å². The van der Waals surface area contributed by atoms with Gasteiger partial charge in [-0.3, -0.25) is 9.36 Å². The molecule has 10 heteroatoms. The average Bonchev–Trinajstić information content (AvgIpc) is 3.38. The molecule has 1 aliphatic rings. The number of carboxylic acids is 1. The monoisotopic (exact) mass is 650 g/mol. The Bertz CT molecular complexity index is 2120. The first-order valence-electron chi connectivity index (χ1n) is 14.4. The van der Waals surface area contributed by atoms with Crippen LogP contribution in [0.5, 0.6) is 5.75 Å². The van der Waals surface area contributed by atoms with Crippen LogP contribution in [0.15, 0.2) is 118 Å². The van der Waals surface area contributed by atoms with E-state index in [4.69, 9.17) is 31.2 Å². The summed E-state index contributed by atoms with van der Waals surface area (Å²) < 4.78 is 13.4. The predicted octanol–water partition coefficient (Wildman–Crippen LogP) is 5.87. The van der Waals surface area contributed by atoms with E-state index < -0.39 is 18.0 Å². The van der Waals surface area contributed by atoms with Gasteiger partial charge in [0, 0.05) is 10.6 Å². The molecule has 0 aliphatic carbocycles. The third-order valence-corrected chi connectivity index (χ3v) is 8.58. The number of carboxylic acid groups (broad SMARTS) is 1. The average molecular weight is 651 g/mol. The fraction of sp³-hybridized carbons (Fsp3) is 0.111. The molecule has 2 heterocycles. The Morgan fingerprint density at radius 1 is 0.957 bits per heavy atom. The minimum Gasteiger partial charge on any atom is -0.489 e. The van der Waals surface area contributed by atoms with Crippen LogP contribution in [0.4, 0.5) is 0 Å². The van der Waals surface area contributed by atoms with Crippen molar-refractivity contribution in [3.05, 3.63) is 161 Å². The summed E-state index contributed by atoms with van der Waals surface area (Å²) in [6, 6.07) is 29.4. The van der Waals surface area contributed by atoms with Gasteiger partial charge in [-0.2, -0.15) is 0 Å². The number of carbonyl (C=O) groups is 2. The van der Waals surface area contributed by atoms with Crippen LogP contribution in [0.25, 0.3) is 11.8 Å². The van der Waals surface area contributed by atoms with Crippen LogP contribution in [-0.4, -0.2) is 28.2 Å². The molecule has 5 aromatic rings. The highest BCUT2D eigenvalue weighted by Gasteiger charge is 2.35. The van der Waals surface area contributed by atoms with Crippen molar-refractivity contribution in [2.45, 2.75) is 19.6 Å². The number of hydrogen-bond donors (Lipinski definition) is 1. The van der Waals surface area contributed by atoms with Crippen molar-refractivity contribution in [1.29, 1.82) is 0 Å². The van der Waals surface area contributed by atoms with Crippen molar-refractivity contribution in [2.24, 2.45) is 4.99 Å². The molecule has 1 atom stereocenters. The fourth-order valence-corrected chi connectivity index (χ4v) is 6.25. The smallest absolute Gasteiger partial charge is 0.338 e. The van der Waals surface area contributed by atoms with Crippen LogP contribution in [0, 0.1) is 0 Å². The zero-order valence-electron chi connectivity index (χ0n) is 24.6. The van der Waals surface area contributed by atoms with Crippen molar-refractivity contribution < 1.29 is 24.2 Å². The number of aromatic carboxylic acids is 1. The topological polar surface area (TPSA) is 107 Å². The van der Waals surface area contributed by atoms with Crippen LogP contribution < -0.4 is 19.6 Å². The molecule has 0 spiro atoms. The number of ether oxygens (including phenoxy) is 2. The van der Waals surface area contributed by atoms with E-state index in [0.29, 0.717) is 31.4 Å². The summed E-state index contributed by atoms with van der Waals surface area (Å²) in [5.74, 6) is -0.907. The van der Waals surface area contributed by atoms with E-state index in [1.807, 2.05) is 42.5 Å². The van der Waals surface area contributed by atoms with Gasteiger partial charge < -0.3 is 14.6 Å². The summed E-state index contributed by atoms with van der Waals surface area (Å²) in [4.78, 5) is 44.0. The maximum atomic E-state index is 14.1. The molecular weight excluding hydrogens is 624 g/mol. The SMILES string of the molecule is CCOC(=O)C1=C(c2ccccc2)N=c2s/c(=C/c3ccc(OCc4ccc(C(=O)O)cc4)cc3)c(=O)n2[C@@H]1c1ccc(Cl)cc1. The lowest BCUT2D eigenvalue weighted by molar-refractivity contribution is -0.138. The molecule has 0 bridgehead atoms. The molecule has 230 valence electrons. The first-order valence-corrected chi connectivity index (χ1v) is 15.6. The van der Waals surface area contributed by atoms with E-state index in [9.17, 15) is 14.4 Å². The Hall–Kier alpha value is -5.25. The van der Waals surface area contributed by atoms with Crippen LogP contribution in [-0.2, 0) is 16.1 Å². The summed E-state index contributed by atoms with van der Waals surface area (Å²) in [5.41, 5.74) is 3.69. The summed E-state index contributed by atoms with van der Waals surface area (Å²) in [6.45, 7) is 2.18. The van der Waals surface area contributed by atoms with Crippen molar-refractivity contribution in [1.82, 2.24) is 4.57 Å². The lowest BCUT2D eigenvalue weighted by Crippen LogP contribution is -2.40. The number of halogens is 1. The minimum atomic E-state index is -0.980. The molecule has 4 aromatic carbocycles. The van der Waals surface area contributed by atoms with Crippen LogP contribution >= 0.6 is 22.9 Å². The molecule has 1 aromatic heterocycles. The van der Waals surface area contributed by atoms with Gasteiger partial charge in [0.25, 0.3) is 5.56 Å². The third-order valence-electron chi connectivity index (χ3n) is 7.34. The van der Waals surface area contributed by atoms with E-state index in [2.05, 4.69) is 0 Å². The zero-order chi connectivity index (χ0) is 32.2. The van der Waals surface area contributed by atoms with Gasteiger partial charge in [0.2, 0.25) is 0 Å². The molecule has 1 aliphatic heterocycles. The molecule has 1 N–H and O–H groups in total. The molecule has 0 saturated heterocycles. The van der Waals surface area contributed by atoms with E-state index >= 15 is 0 Å². The highest BCUT2D eigenvalue weighted by Crippen LogP contribution is 2.35. The number of carbonyl (C=O) groups excluding carboxylic acids is 1. The quantitative estimate of drug-likeness (QED) is 0.200. The van der Waals surface area contributed by atoms with Gasteiger partial charge in [0.05, 0.1) is 34.0 Å². The Morgan fingerprint density at radius 2 is 1.65 bits per heavy atom. The zero-order valence-corrected chi connectivity index (χ0v) is 26.1. The van der Waals surface area contributed by atoms with Gasteiger partial charge >= 0.3 is 11.9 Å². The molecular formula is C36H27ClN2O6S. The minimum absolute atomic E-state index is 0.166. The summed E-state index contributed by atoms with van der Waals surface area (Å²) in [5, 5.41) is 9.61. The number of rotatable bonds is 9. The van der Waals surface area contributed by atoms with Gasteiger partial charge in [-0.15, -0.1) is 0 Å². The van der Waals surface area contributed by atoms with Gasteiger partial charge in [-0.25, -0.2) is 14.6 Å². The maximum Gasteiger partial charge on any atom is 0.338 e. The molecule has 46 heavy (non-hydrogen) atoms. The standard InChI is InChI=1S/C36H27ClN2O6S/c1-2-44-35(43)30-31(24-6-4-3-5-7-24)38-36-39(32(30)25-14-16-27(37)17-15-25)33(40)29(46-36)20-22-10-18-28(19-11-22)45-21-23-8-12-26(13-9-23)34(41)42/h3-20,32H,2,21H2,1H3,(H,41,42)/b29-20+/t32-/m1/s1. The number of nitrogens with zero attached hydrogens (tertiary/aromatic N) is 2. The molecule has 8 nitrogen and oxygen atoms in total. The number of hydrogen-bond acceptors (Lipinski definition) is 7. The summed E-state index contributed by atoms with van der Waals surface area (Å²) in [7, 11) is 0. The number of esters is 1. The molecule has 6 rings (SSSR count). The van der Waals surface area contributed by atoms with Gasteiger partial charge in [-0.05, 0) is 66.1 Å². The number of fused-ring (bicyclic) bond motifs is 1. The van der Waals surface area contributed by atoms with E-state index in [1.54, 1.807) is 66.1 Å². The molecule has 0 unspecified atom stereocenters. The molecule has 0 fully saturated rings. The lowest BCUT2D eigenvalue weighted by atomic mass is 9.93. The second-order valence-electron chi connectivity index (χ2n) is 10.3.